The van der Waals surface area contributed by atoms with Gasteiger partial charge >= 0.3 is 0 Å². The summed E-state index contributed by atoms with van der Waals surface area (Å²) >= 11 is 1.25. The first-order chi connectivity index (χ1) is 16.5. The van der Waals surface area contributed by atoms with Gasteiger partial charge in [0.1, 0.15) is 29.9 Å². The number of rotatable bonds is 21. The van der Waals surface area contributed by atoms with Crippen molar-refractivity contribution in [2.24, 2.45) is 0 Å². The van der Waals surface area contributed by atoms with Crippen LogP contribution < -0.4 is 5.32 Å². The van der Waals surface area contributed by atoms with Crippen LogP contribution in [0.25, 0.3) is 0 Å². The van der Waals surface area contributed by atoms with Crippen molar-refractivity contribution in [3.05, 3.63) is 0 Å². The average molecular weight is 506 g/mol. The number of unbranched alkanes of at least 4 members (excludes halogenated alkanes) is 14. The molecule has 34 heavy (non-hydrogen) atoms. The minimum atomic E-state index is -1.36. The van der Waals surface area contributed by atoms with Gasteiger partial charge < -0.3 is 30.5 Å². The number of thioether (sulfide) groups is 1. The molecule has 7 nitrogen and oxygen atoms in total. The first-order valence-electron chi connectivity index (χ1n) is 13.7. The Morgan fingerprint density at radius 1 is 0.765 bits per heavy atom. The molecule has 1 rings (SSSR count). The largest absolute Gasteiger partial charge is 0.394 e. The van der Waals surface area contributed by atoms with Gasteiger partial charge in [0.25, 0.3) is 0 Å². The van der Waals surface area contributed by atoms with E-state index in [1.165, 1.54) is 95.2 Å². The summed E-state index contributed by atoms with van der Waals surface area (Å²) in [5.41, 5.74) is -0.747. The fourth-order valence-electron chi connectivity index (χ4n) is 4.32. The molecule has 1 aliphatic heterocycles. The lowest BCUT2D eigenvalue weighted by molar-refractivity contribution is -0.205. The summed E-state index contributed by atoms with van der Waals surface area (Å²) in [6, 6.07) is 0. The van der Waals surface area contributed by atoms with Crippen LogP contribution in [0.2, 0.25) is 0 Å². The lowest BCUT2D eigenvalue weighted by atomic mass is 10.0. The van der Waals surface area contributed by atoms with E-state index in [0.717, 1.165) is 12.8 Å². The lowest BCUT2D eigenvalue weighted by Crippen LogP contribution is -2.57. The zero-order valence-corrected chi connectivity index (χ0v) is 22.2. The second kappa shape index (κ2) is 20.8. The molecule has 0 bridgehead atoms. The maximum atomic E-state index is 12.0. The molecule has 1 amide bonds. The van der Waals surface area contributed by atoms with Gasteiger partial charge in [-0.3, -0.25) is 4.79 Å². The van der Waals surface area contributed by atoms with Gasteiger partial charge in [0.15, 0.2) is 0 Å². The first-order valence-corrected chi connectivity index (χ1v) is 14.7. The Labute approximate surface area is 211 Å². The van der Waals surface area contributed by atoms with Crippen molar-refractivity contribution in [1.82, 2.24) is 5.32 Å². The summed E-state index contributed by atoms with van der Waals surface area (Å²) in [5.74, 6) is 0.539. The van der Waals surface area contributed by atoms with Crippen molar-refractivity contribution in [1.29, 1.82) is 0 Å². The standard InChI is InChI=1S/C26H51NO6S/c1-2-3-4-5-6-7-8-9-10-11-12-13-14-15-16-17-22(29)27-18-19-34-26-25(32)24(31)23(30)21(20-28)33-26/h21,23-26,28,30-32H,2-20H2,1H3,(H,27,29)/t21-,23+,24+,25-,26+/m1/s1. The Hall–Kier alpha value is -0.380. The number of aliphatic hydroxyl groups excluding tert-OH is 4. The first kappa shape index (κ1) is 31.6. The summed E-state index contributed by atoms with van der Waals surface area (Å²) in [6.45, 7) is 2.27. The van der Waals surface area contributed by atoms with Gasteiger partial charge in [-0.2, -0.15) is 0 Å². The molecule has 1 aliphatic rings. The van der Waals surface area contributed by atoms with Crippen molar-refractivity contribution < 1.29 is 30.0 Å². The zero-order valence-electron chi connectivity index (χ0n) is 21.3. The maximum absolute atomic E-state index is 12.0. The van der Waals surface area contributed by atoms with Crippen LogP contribution in [0.4, 0.5) is 0 Å². The normalized spacial score (nSPS) is 24.9. The number of carbonyl (C=O) groups is 1. The monoisotopic (exact) mass is 505 g/mol. The van der Waals surface area contributed by atoms with Crippen molar-refractivity contribution in [3.63, 3.8) is 0 Å². The van der Waals surface area contributed by atoms with Gasteiger partial charge in [-0.15, -0.1) is 11.8 Å². The Bertz CT molecular complexity index is 496. The van der Waals surface area contributed by atoms with Crippen molar-refractivity contribution in [3.8, 4) is 0 Å². The number of hydrogen-bond acceptors (Lipinski definition) is 7. The van der Waals surface area contributed by atoms with E-state index in [9.17, 15) is 25.2 Å². The van der Waals surface area contributed by atoms with Crippen molar-refractivity contribution in [2.45, 2.75) is 140 Å². The van der Waals surface area contributed by atoms with E-state index >= 15 is 0 Å². The van der Waals surface area contributed by atoms with E-state index in [-0.39, 0.29) is 5.91 Å². The van der Waals surface area contributed by atoms with Crippen molar-refractivity contribution >= 4 is 17.7 Å². The smallest absolute Gasteiger partial charge is 0.220 e. The minimum absolute atomic E-state index is 0.0316. The molecule has 0 saturated carbocycles. The van der Waals surface area contributed by atoms with E-state index < -0.39 is 36.5 Å². The summed E-state index contributed by atoms with van der Waals surface area (Å²) in [5, 5.41) is 41.7. The third-order valence-electron chi connectivity index (χ3n) is 6.56. The molecular formula is C26H51NO6S. The van der Waals surface area contributed by atoms with E-state index in [0.29, 0.717) is 18.7 Å². The molecule has 0 aromatic heterocycles. The molecule has 0 unspecified atom stereocenters. The highest BCUT2D eigenvalue weighted by molar-refractivity contribution is 7.99. The van der Waals surface area contributed by atoms with Gasteiger partial charge in [-0.25, -0.2) is 0 Å². The fraction of sp³-hybridized carbons (Fsp3) is 0.962. The molecular weight excluding hydrogens is 454 g/mol. The molecule has 0 aromatic rings. The highest BCUT2D eigenvalue weighted by atomic mass is 32.2. The zero-order chi connectivity index (χ0) is 25.0. The second-order valence-corrected chi connectivity index (χ2v) is 10.8. The quantitative estimate of drug-likeness (QED) is 0.150. The molecule has 0 spiro atoms. The molecule has 202 valence electrons. The predicted octanol–water partition coefficient (Wildman–Crippen LogP) is 3.90. The lowest BCUT2D eigenvalue weighted by Gasteiger charge is -2.39. The number of hydrogen-bond donors (Lipinski definition) is 5. The average Bonchev–Trinajstić information content (AvgIpc) is 2.84. The number of carbonyl (C=O) groups excluding carboxylic acids is 1. The fourth-order valence-corrected chi connectivity index (χ4v) is 5.35. The third-order valence-corrected chi connectivity index (χ3v) is 7.72. The Morgan fingerprint density at radius 3 is 1.76 bits per heavy atom. The van der Waals surface area contributed by atoms with Gasteiger partial charge in [-0.05, 0) is 6.42 Å². The number of nitrogens with one attached hydrogen (secondary N) is 1. The number of amides is 1. The summed E-state index contributed by atoms with van der Waals surface area (Å²) in [7, 11) is 0. The molecule has 0 aromatic carbocycles. The van der Waals surface area contributed by atoms with Crippen LogP contribution >= 0.6 is 11.8 Å². The topological polar surface area (TPSA) is 119 Å². The van der Waals surface area contributed by atoms with Crippen LogP contribution in [0, 0.1) is 0 Å². The van der Waals surface area contributed by atoms with Crippen LogP contribution in [0.3, 0.4) is 0 Å². The summed E-state index contributed by atoms with van der Waals surface area (Å²) < 4.78 is 5.44. The van der Waals surface area contributed by atoms with E-state index in [1.807, 2.05) is 0 Å². The predicted molar refractivity (Wildman–Crippen MR) is 139 cm³/mol. The summed E-state index contributed by atoms with van der Waals surface area (Å²) in [4.78, 5) is 12.0. The SMILES string of the molecule is CCCCCCCCCCCCCCCCCC(=O)NCCS[C@@H]1O[C@H](CO)[C@H](O)[C@H](O)[C@H]1O. The van der Waals surface area contributed by atoms with E-state index in [4.69, 9.17) is 4.74 Å². The van der Waals surface area contributed by atoms with Gasteiger partial charge in [0, 0.05) is 18.7 Å². The highest BCUT2D eigenvalue weighted by Crippen LogP contribution is 2.28. The van der Waals surface area contributed by atoms with Gasteiger partial charge in [0.05, 0.1) is 6.61 Å². The Morgan fingerprint density at radius 2 is 1.26 bits per heavy atom. The van der Waals surface area contributed by atoms with Crippen molar-refractivity contribution in [2.75, 3.05) is 18.9 Å². The molecule has 1 heterocycles. The molecule has 1 saturated heterocycles. The summed E-state index contributed by atoms with van der Waals surface area (Å²) in [6.07, 6.45) is 15.2. The molecule has 5 atom stereocenters. The minimum Gasteiger partial charge on any atom is -0.394 e. The Kier molecular flexibility index (Phi) is 19.3. The van der Waals surface area contributed by atoms with Gasteiger partial charge in [-0.1, -0.05) is 96.8 Å². The highest BCUT2D eigenvalue weighted by Gasteiger charge is 2.43. The van der Waals surface area contributed by atoms with Crippen LogP contribution in [0.1, 0.15) is 110 Å². The van der Waals surface area contributed by atoms with Crippen LogP contribution in [-0.2, 0) is 9.53 Å². The number of ether oxygens (including phenoxy) is 1. The van der Waals surface area contributed by atoms with Crippen LogP contribution in [0.5, 0.6) is 0 Å². The molecule has 5 N–H and O–H groups in total. The number of aliphatic hydroxyl groups is 4. The molecule has 1 fully saturated rings. The Balaban J connectivity index is 1.89. The van der Waals surface area contributed by atoms with Crippen LogP contribution in [-0.4, -0.2) is 75.1 Å². The third kappa shape index (κ3) is 14.2. The molecule has 0 radical (unpaired) electrons. The maximum Gasteiger partial charge on any atom is 0.220 e. The molecule has 8 heteroatoms. The molecule has 0 aliphatic carbocycles. The van der Waals surface area contributed by atoms with E-state index in [1.54, 1.807) is 0 Å². The van der Waals surface area contributed by atoms with E-state index in [2.05, 4.69) is 12.2 Å². The second-order valence-electron chi connectivity index (χ2n) is 9.62. The van der Waals surface area contributed by atoms with Crippen LogP contribution in [0.15, 0.2) is 0 Å². The van der Waals surface area contributed by atoms with Gasteiger partial charge in [0.2, 0.25) is 5.91 Å².